The molecule has 4 nitrogen and oxygen atoms in total. The lowest BCUT2D eigenvalue weighted by atomic mass is 10.1. The molecule has 0 saturated heterocycles. The molecular weight excluding hydrogens is 216 g/mol. The molecule has 4 heteroatoms. The normalized spacial score (nSPS) is 10.6. The molecule has 1 rings (SSSR count). The zero-order valence-electron chi connectivity index (χ0n) is 10.7. The summed E-state index contributed by atoms with van der Waals surface area (Å²) in [5, 5.41) is 0. The van der Waals surface area contributed by atoms with Gasteiger partial charge in [0.25, 0.3) is 0 Å². The molecule has 1 aromatic rings. The number of carbonyl (C=O) groups excluding carboxylic acids is 1. The van der Waals surface area contributed by atoms with E-state index < -0.39 is 0 Å². The molecule has 0 radical (unpaired) electrons. The summed E-state index contributed by atoms with van der Waals surface area (Å²) >= 11 is 0. The number of nitrogens with zero attached hydrogens (tertiary/aromatic N) is 1. The summed E-state index contributed by atoms with van der Waals surface area (Å²) in [7, 11) is 3.96. The van der Waals surface area contributed by atoms with E-state index in [2.05, 4.69) is 0 Å². The fourth-order valence-electron chi connectivity index (χ4n) is 1.40. The van der Waals surface area contributed by atoms with E-state index in [0.717, 1.165) is 6.54 Å². The van der Waals surface area contributed by atoms with Gasteiger partial charge in [0.05, 0.1) is 5.69 Å². The van der Waals surface area contributed by atoms with Crippen molar-refractivity contribution in [3.63, 3.8) is 0 Å². The lowest BCUT2D eigenvalue weighted by molar-refractivity contribution is 0.0988. The van der Waals surface area contributed by atoms with E-state index in [-0.39, 0.29) is 5.78 Å². The summed E-state index contributed by atoms with van der Waals surface area (Å²) < 4.78 is 5.54. The Kier molecular flexibility index (Phi) is 4.97. The fraction of sp³-hybridized carbons (Fsp3) is 0.462. The van der Waals surface area contributed by atoms with E-state index >= 15 is 0 Å². The number of likely N-dealkylation sites (N-methyl/N-ethyl adjacent to an activating group) is 1. The Morgan fingerprint density at radius 2 is 2.12 bits per heavy atom. The molecule has 0 bridgehead atoms. The van der Waals surface area contributed by atoms with Gasteiger partial charge in [0.2, 0.25) is 0 Å². The highest BCUT2D eigenvalue weighted by atomic mass is 16.5. The van der Waals surface area contributed by atoms with Crippen LogP contribution in [0.1, 0.15) is 23.7 Å². The summed E-state index contributed by atoms with van der Waals surface area (Å²) in [4.78, 5) is 13.5. The van der Waals surface area contributed by atoms with Gasteiger partial charge in [-0.05, 0) is 32.3 Å². The van der Waals surface area contributed by atoms with Gasteiger partial charge in [-0.25, -0.2) is 0 Å². The van der Waals surface area contributed by atoms with Crippen LogP contribution in [0, 0.1) is 0 Å². The van der Waals surface area contributed by atoms with Crippen molar-refractivity contribution in [1.82, 2.24) is 4.90 Å². The van der Waals surface area contributed by atoms with E-state index in [9.17, 15) is 4.79 Å². The van der Waals surface area contributed by atoms with Crippen molar-refractivity contribution in [1.29, 1.82) is 0 Å². The highest BCUT2D eigenvalue weighted by molar-refractivity contribution is 5.97. The molecule has 0 saturated carbocycles. The number of Topliss-reactive ketones (excluding diaryl/α,β-unsaturated/α-hetero) is 1. The van der Waals surface area contributed by atoms with Crippen molar-refractivity contribution in [3.05, 3.63) is 23.8 Å². The minimum Gasteiger partial charge on any atom is -0.490 e. The Labute approximate surface area is 102 Å². The molecule has 17 heavy (non-hydrogen) atoms. The number of carbonyl (C=O) groups is 1. The molecule has 0 amide bonds. The Bertz CT molecular complexity index is 389. The first-order valence-electron chi connectivity index (χ1n) is 5.74. The van der Waals surface area contributed by atoms with Crippen molar-refractivity contribution in [2.24, 2.45) is 0 Å². The Balaban J connectivity index is 2.66. The van der Waals surface area contributed by atoms with E-state index in [1.807, 2.05) is 25.9 Å². The fourth-order valence-corrected chi connectivity index (χ4v) is 1.40. The van der Waals surface area contributed by atoms with Crippen LogP contribution in [0.3, 0.4) is 0 Å². The van der Waals surface area contributed by atoms with Gasteiger partial charge >= 0.3 is 0 Å². The molecule has 0 atom stereocenters. The molecule has 0 aromatic heterocycles. The standard InChI is InChI=1S/C13H20N2O2/c1-4-12(16)10-5-6-13(11(14)9-10)17-8-7-15(2)3/h5-6,9H,4,7-8,14H2,1-3H3. The number of benzene rings is 1. The summed E-state index contributed by atoms with van der Waals surface area (Å²) in [5.41, 5.74) is 7.00. The van der Waals surface area contributed by atoms with Crippen LogP contribution in [0.5, 0.6) is 5.75 Å². The Morgan fingerprint density at radius 1 is 1.41 bits per heavy atom. The van der Waals surface area contributed by atoms with Crippen LogP contribution in [-0.2, 0) is 0 Å². The summed E-state index contributed by atoms with van der Waals surface area (Å²) in [6, 6.07) is 5.19. The lowest BCUT2D eigenvalue weighted by Gasteiger charge is -2.12. The molecular formula is C13H20N2O2. The first-order valence-corrected chi connectivity index (χ1v) is 5.74. The average molecular weight is 236 g/mol. The molecule has 0 unspecified atom stereocenters. The molecule has 0 heterocycles. The number of ether oxygens (including phenoxy) is 1. The zero-order chi connectivity index (χ0) is 12.8. The molecule has 2 N–H and O–H groups in total. The lowest BCUT2D eigenvalue weighted by Crippen LogP contribution is -2.19. The van der Waals surface area contributed by atoms with Gasteiger partial charge in [-0.1, -0.05) is 6.92 Å². The second-order valence-corrected chi connectivity index (χ2v) is 4.18. The first-order chi connectivity index (χ1) is 8.04. The monoisotopic (exact) mass is 236 g/mol. The SMILES string of the molecule is CCC(=O)c1ccc(OCCN(C)C)c(N)c1. The molecule has 0 aliphatic carbocycles. The second kappa shape index (κ2) is 6.25. The molecule has 1 aromatic carbocycles. The van der Waals surface area contributed by atoms with Crippen molar-refractivity contribution in [2.45, 2.75) is 13.3 Å². The van der Waals surface area contributed by atoms with Crippen molar-refractivity contribution in [2.75, 3.05) is 33.0 Å². The first kappa shape index (κ1) is 13.5. The van der Waals surface area contributed by atoms with Gasteiger partial charge in [-0.15, -0.1) is 0 Å². The van der Waals surface area contributed by atoms with E-state index in [0.29, 0.717) is 30.0 Å². The van der Waals surface area contributed by atoms with Gasteiger partial charge in [-0.2, -0.15) is 0 Å². The quantitative estimate of drug-likeness (QED) is 0.604. The maximum absolute atomic E-state index is 11.5. The van der Waals surface area contributed by atoms with Crippen LogP contribution < -0.4 is 10.5 Å². The largest absolute Gasteiger partial charge is 0.490 e. The Hall–Kier alpha value is -1.55. The number of nitrogen functional groups attached to an aromatic ring is 1. The van der Waals surface area contributed by atoms with Crippen LogP contribution in [-0.4, -0.2) is 37.9 Å². The highest BCUT2D eigenvalue weighted by Crippen LogP contribution is 2.23. The van der Waals surface area contributed by atoms with Crippen LogP contribution in [0.15, 0.2) is 18.2 Å². The van der Waals surface area contributed by atoms with Crippen LogP contribution in [0.2, 0.25) is 0 Å². The maximum Gasteiger partial charge on any atom is 0.162 e. The van der Waals surface area contributed by atoms with Gasteiger partial charge < -0.3 is 15.4 Å². The van der Waals surface area contributed by atoms with Crippen LogP contribution in [0.25, 0.3) is 0 Å². The zero-order valence-corrected chi connectivity index (χ0v) is 10.7. The minimum atomic E-state index is 0.0940. The third-order valence-corrected chi connectivity index (χ3v) is 2.45. The van der Waals surface area contributed by atoms with Gasteiger partial charge in [0.1, 0.15) is 12.4 Å². The molecule has 0 aliphatic heterocycles. The molecule has 0 aliphatic rings. The third-order valence-electron chi connectivity index (χ3n) is 2.45. The van der Waals surface area contributed by atoms with Gasteiger partial charge in [-0.3, -0.25) is 4.79 Å². The molecule has 0 spiro atoms. The van der Waals surface area contributed by atoms with Crippen LogP contribution in [0.4, 0.5) is 5.69 Å². The second-order valence-electron chi connectivity index (χ2n) is 4.18. The average Bonchev–Trinajstić information content (AvgIpc) is 2.29. The predicted octanol–water partition coefficient (Wildman–Crippen LogP) is 1.80. The molecule has 94 valence electrons. The summed E-state index contributed by atoms with van der Waals surface area (Å²) in [5.74, 6) is 0.732. The van der Waals surface area contributed by atoms with Crippen LogP contribution >= 0.6 is 0 Å². The number of anilines is 1. The van der Waals surface area contributed by atoms with Crippen molar-refractivity contribution < 1.29 is 9.53 Å². The number of rotatable bonds is 6. The number of hydrogen-bond donors (Lipinski definition) is 1. The minimum absolute atomic E-state index is 0.0940. The van der Waals surface area contributed by atoms with E-state index in [4.69, 9.17) is 10.5 Å². The Morgan fingerprint density at radius 3 is 2.65 bits per heavy atom. The van der Waals surface area contributed by atoms with E-state index in [1.165, 1.54) is 0 Å². The number of ketones is 1. The van der Waals surface area contributed by atoms with Crippen molar-refractivity contribution >= 4 is 11.5 Å². The highest BCUT2D eigenvalue weighted by Gasteiger charge is 2.07. The predicted molar refractivity (Wildman–Crippen MR) is 69.5 cm³/mol. The summed E-state index contributed by atoms with van der Waals surface area (Å²) in [6.07, 6.45) is 0.486. The van der Waals surface area contributed by atoms with Crippen molar-refractivity contribution in [3.8, 4) is 5.75 Å². The van der Waals surface area contributed by atoms with E-state index in [1.54, 1.807) is 18.2 Å². The van der Waals surface area contributed by atoms with Gasteiger partial charge in [0.15, 0.2) is 5.78 Å². The topological polar surface area (TPSA) is 55.6 Å². The number of nitrogens with two attached hydrogens (primary N) is 1. The molecule has 0 fully saturated rings. The van der Waals surface area contributed by atoms with Gasteiger partial charge in [0, 0.05) is 18.5 Å². The maximum atomic E-state index is 11.5. The number of hydrogen-bond acceptors (Lipinski definition) is 4. The third kappa shape index (κ3) is 4.07. The smallest absolute Gasteiger partial charge is 0.162 e. The summed E-state index contributed by atoms with van der Waals surface area (Å²) in [6.45, 7) is 3.24.